The highest BCUT2D eigenvalue weighted by atomic mass is 15.1. The van der Waals surface area contributed by atoms with E-state index in [9.17, 15) is 5.26 Å². The highest BCUT2D eigenvalue weighted by Gasteiger charge is 2.22. The molecule has 0 bridgehead atoms. The first kappa shape index (κ1) is 53.1. The van der Waals surface area contributed by atoms with E-state index in [0.29, 0.717) is 16.7 Å². The number of hydrogen-bond donors (Lipinski definition) is 0. The summed E-state index contributed by atoms with van der Waals surface area (Å²) >= 11 is 0. The normalized spacial score (nSPS) is 11.0. The van der Waals surface area contributed by atoms with Crippen LogP contribution in [-0.2, 0) is 0 Å². The highest BCUT2D eigenvalue weighted by Crippen LogP contribution is 2.43. The lowest BCUT2D eigenvalue weighted by molar-refractivity contribution is 1.28. The SMILES string of the molecule is [C-]#[N+]/C(=C(/C#N)c1ccc(N(c2ccccc2)c2ccc(C(=C(c3ccccc3)c3ccccc3)c3ccccc3)cc2)cc1)c1ccc(N(c2ccccc2)c2ccc(C(=C(c3ccccc3)c3ccccc3)c3ccccc3)cc2)cc1. The number of hydrogen-bond acceptors (Lipinski definition) is 3. The van der Waals surface area contributed by atoms with Crippen LogP contribution in [0.1, 0.15) is 55.6 Å². The van der Waals surface area contributed by atoms with Crippen molar-refractivity contribution in [2.45, 2.75) is 0 Å². The zero-order valence-electron chi connectivity index (χ0n) is 46.1. The zero-order chi connectivity index (χ0) is 56.9. The van der Waals surface area contributed by atoms with Crippen LogP contribution in [0.3, 0.4) is 0 Å². The quantitative estimate of drug-likeness (QED) is 0.0549. The fraction of sp³-hybridized carbons (Fsp3) is 0. The van der Waals surface area contributed by atoms with Crippen LogP contribution in [0.4, 0.5) is 34.1 Å². The van der Waals surface area contributed by atoms with Crippen molar-refractivity contribution in [1.82, 2.24) is 0 Å². The van der Waals surface area contributed by atoms with E-state index in [4.69, 9.17) is 6.57 Å². The van der Waals surface area contributed by atoms with Crippen LogP contribution in [0.15, 0.2) is 340 Å². The molecule has 12 aromatic rings. The standard InChI is InChI=1S/C80H56N4/c1-82-80(68-48-56-74(57-49-68)84(70-40-24-9-25-41-70)73-54-46-67(47-55-73)79(65-36-20-7-21-37-65)77(62-30-14-4-15-31-62)63-32-16-5-17-33-63)75(58-81)59-42-50-71(51-43-59)83(69-38-22-8-23-39-69)72-52-44-66(45-53-72)78(64-34-18-6-19-35-64)76(60-26-10-2-11-27-60)61-28-12-3-13-29-61/h2-57H/b80-75-. The molecule has 0 aliphatic rings. The van der Waals surface area contributed by atoms with E-state index in [0.717, 1.165) is 101 Å². The third-order valence-corrected chi connectivity index (χ3v) is 15.0. The number of anilines is 6. The van der Waals surface area contributed by atoms with Gasteiger partial charge in [0.2, 0.25) is 5.70 Å². The summed E-state index contributed by atoms with van der Waals surface area (Å²) in [6.45, 7) is 8.50. The molecule has 4 nitrogen and oxygen atoms in total. The molecule has 0 atom stereocenters. The Morgan fingerprint density at radius 3 is 0.655 bits per heavy atom. The van der Waals surface area contributed by atoms with Crippen molar-refractivity contribution in [2.24, 2.45) is 0 Å². The smallest absolute Gasteiger partial charge is 0.212 e. The van der Waals surface area contributed by atoms with Crippen LogP contribution >= 0.6 is 0 Å². The Morgan fingerprint density at radius 2 is 0.429 bits per heavy atom. The average molecular weight is 1070 g/mol. The third kappa shape index (κ3) is 11.4. The molecule has 0 aromatic heterocycles. The van der Waals surface area contributed by atoms with E-state index < -0.39 is 0 Å². The van der Waals surface area contributed by atoms with Gasteiger partial charge in [0.15, 0.2) is 0 Å². The Labute approximate surface area is 492 Å². The molecule has 0 unspecified atom stereocenters. The summed E-state index contributed by atoms with van der Waals surface area (Å²) in [6, 6.07) is 120. The summed E-state index contributed by atoms with van der Waals surface area (Å²) in [6.07, 6.45) is 0. The molecule has 0 aliphatic carbocycles. The maximum atomic E-state index is 10.9. The van der Waals surface area contributed by atoms with Crippen molar-refractivity contribution >= 4 is 67.7 Å². The first-order valence-corrected chi connectivity index (χ1v) is 28.1. The van der Waals surface area contributed by atoms with Gasteiger partial charge in [-0.3, -0.25) is 0 Å². The summed E-state index contributed by atoms with van der Waals surface area (Å²) < 4.78 is 0. The number of allylic oxidation sites excluding steroid dienone is 1. The first-order chi connectivity index (χ1) is 41.6. The number of nitrogens with zero attached hydrogens (tertiary/aromatic N) is 4. The zero-order valence-corrected chi connectivity index (χ0v) is 46.1. The molecule has 0 amide bonds. The van der Waals surface area contributed by atoms with Gasteiger partial charge in [-0.2, -0.15) is 5.26 Å². The van der Waals surface area contributed by atoms with Gasteiger partial charge in [0.05, 0.1) is 18.2 Å². The second-order valence-electron chi connectivity index (χ2n) is 20.2. The second kappa shape index (κ2) is 25.3. The molecule has 0 saturated heterocycles. The van der Waals surface area contributed by atoms with Crippen LogP contribution in [0.25, 0.3) is 38.4 Å². The highest BCUT2D eigenvalue weighted by molar-refractivity contribution is 6.06. The average Bonchev–Trinajstić information content (AvgIpc) is 2.95. The van der Waals surface area contributed by atoms with Crippen LogP contribution in [0.5, 0.6) is 0 Å². The molecular weight excluding hydrogens is 1020 g/mol. The van der Waals surface area contributed by atoms with Gasteiger partial charge in [-0.15, -0.1) is 0 Å². The van der Waals surface area contributed by atoms with E-state index in [2.05, 4.69) is 276 Å². The number of rotatable bonds is 16. The summed E-state index contributed by atoms with van der Waals surface area (Å²) in [5.74, 6) is 0. The Kier molecular flexibility index (Phi) is 16.0. The van der Waals surface area contributed by atoms with Crippen LogP contribution < -0.4 is 9.80 Å². The molecule has 84 heavy (non-hydrogen) atoms. The fourth-order valence-corrected chi connectivity index (χ4v) is 11.1. The van der Waals surface area contributed by atoms with Crippen molar-refractivity contribution in [3.8, 4) is 6.07 Å². The number of para-hydroxylation sites is 2. The minimum Gasteiger partial charge on any atom is -0.311 e. The summed E-state index contributed by atoms with van der Waals surface area (Å²) in [4.78, 5) is 8.47. The lowest BCUT2D eigenvalue weighted by Crippen LogP contribution is -2.10. The van der Waals surface area contributed by atoms with Crippen LogP contribution in [0.2, 0.25) is 0 Å². The molecule has 0 fully saturated rings. The van der Waals surface area contributed by atoms with E-state index in [1.54, 1.807) is 0 Å². The van der Waals surface area contributed by atoms with E-state index >= 15 is 0 Å². The minimum atomic E-state index is 0.281. The summed E-state index contributed by atoms with van der Waals surface area (Å²) in [5.41, 5.74) is 21.2. The third-order valence-electron chi connectivity index (χ3n) is 15.0. The van der Waals surface area contributed by atoms with Crippen molar-refractivity contribution in [3.05, 3.63) is 407 Å². The van der Waals surface area contributed by atoms with Gasteiger partial charge < -0.3 is 9.80 Å². The molecule has 0 saturated carbocycles. The predicted molar refractivity (Wildman–Crippen MR) is 350 cm³/mol. The molecule has 12 aromatic carbocycles. The van der Waals surface area contributed by atoms with Crippen molar-refractivity contribution in [1.29, 1.82) is 5.26 Å². The lowest BCUT2D eigenvalue weighted by Gasteiger charge is -2.26. The predicted octanol–water partition coefficient (Wildman–Crippen LogP) is 21.0. The minimum absolute atomic E-state index is 0.281. The Bertz CT molecular complexity index is 3950. The maximum Gasteiger partial charge on any atom is 0.212 e. The molecule has 396 valence electrons. The monoisotopic (exact) mass is 1070 g/mol. The fourth-order valence-electron chi connectivity index (χ4n) is 11.1. The maximum absolute atomic E-state index is 10.9. The van der Waals surface area contributed by atoms with Gasteiger partial charge in [0, 0.05) is 34.1 Å². The molecule has 0 N–H and O–H groups in total. The molecular formula is C80H56N4. The molecule has 12 rings (SSSR count). The molecule has 0 aliphatic heterocycles. The van der Waals surface area contributed by atoms with Gasteiger partial charge in [-0.05, 0) is 151 Å². The van der Waals surface area contributed by atoms with Crippen molar-refractivity contribution < 1.29 is 0 Å². The molecule has 4 heteroatoms. The van der Waals surface area contributed by atoms with Gasteiger partial charge in [0.25, 0.3) is 0 Å². The van der Waals surface area contributed by atoms with Crippen molar-refractivity contribution in [3.63, 3.8) is 0 Å². The van der Waals surface area contributed by atoms with Gasteiger partial charge in [-0.1, -0.05) is 267 Å². The van der Waals surface area contributed by atoms with Gasteiger partial charge >= 0.3 is 0 Å². The van der Waals surface area contributed by atoms with E-state index in [-0.39, 0.29) is 5.70 Å². The topological polar surface area (TPSA) is 34.6 Å². The summed E-state index contributed by atoms with van der Waals surface area (Å²) in [5, 5.41) is 10.9. The number of benzene rings is 12. The van der Waals surface area contributed by atoms with Crippen molar-refractivity contribution in [2.75, 3.05) is 9.80 Å². The second-order valence-corrected chi connectivity index (χ2v) is 20.2. The van der Waals surface area contributed by atoms with Crippen LogP contribution in [-0.4, -0.2) is 0 Å². The van der Waals surface area contributed by atoms with E-state index in [1.807, 2.05) is 84.9 Å². The largest absolute Gasteiger partial charge is 0.311 e. The number of nitriles is 1. The molecule has 0 spiro atoms. The lowest BCUT2D eigenvalue weighted by atomic mass is 9.86. The Hall–Kier alpha value is -11.6. The van der Waals surface area contributed by atoms with Gasteiger partial charge in [-0.25, -0.2) is 4.85 Å². The molecule has 0 heterocycles. The molecule has 0 radical (unpaired) electrons. The summed E-state index contributed by atoms with van der Waals surface area (Å²) in [7, 11) is 0. The first-order valence-electron chi connectivity index (χ1n) is 28.1. The Balaban J connectivity index is 0.874. The van der Waals surface area contributed by atoms with Gasteiger partial charge in [0.1, 0.15) is 0 Å². The Morgan fingerprint density at radius 1 is 0.238 bits per heavy atom. The van der Waals surface area contributed by atoms with Crippen LogP contribution in [0, 0.1) is 17.9 Å². The van der Waals surface area contributed by atoms with E-state index in [1.165, 1.54) is 0 Å².